The fraction of sp³-hybridized carbons (Fsp3) is 0.360. The highest BCUT2D eigenvalue weighted by Gasteiger charge is 2.36. The average molecular weight is 497 g/mol. The summed E-state index contributed by atoms with van der Waals surface area (Å²) >= 11 is 1.52. The second-order valence-electron chi connectivity index (χ2n) is 7.78. The van der Waals surface area contributed by atoms with Crippen LogP contribution in [-0.2, 0) is 4.79 Å². The molecule has 0 saturated carbocycles. The number of aromatic nitrogens is 3. The fourth-order valence-corrected chi connectivity index (χ4v) is 4.73. The number of carbonyl (C=O) groups excluding carboxylic acids is 1. The zero-order valence-electron chi connectivity index (χ0n) is 20.4. The number of rotatable bonds is 8. The number of benzene rings is 2. The molecule has 0 saturated heterocycles. The molecule has 2 aromatic carbocycles. The number of methoxy groups -OCH3 is 3. The molecule has 9 nitrogen and oxygen atoms in total. The van der Waals surface area contributed by atoms with E-state index in [1.54, 1.807) is 38.4 Å². The molecule has 0 fully saturated rings. The van der Waals surface area contributed by atoms with Crippen LogP contribution < -0.4 is 23.8 Å². The molecule has 10 heteroatoms. The molecule has 1 atom stereocenters. The first-order chi connectivity index (χ1) is 17.0. The Kier molecular flexibility index (Phi) is 7.60. The van der Waals surface area contributed by atoms with Gasteiger partial charge in [0.2, 0.25) is 23.2 Å². The number of fused-ring (bicyclic) bond motifs is 3. The van der Waals surface area contributed by atoms with Crippen molar-refractivity contribution in [2.45, 2.75) is 38.1 Å². The largest absolute Gasteiger partial charge is 0.496 e. The van der Waals surface area contributed by atoms with Gasteiger partial charge in [-0.1, -0.05) is 43.3 Å². The minimum atomic E-state index is -0.908. The zero-order valence-corrected chi connectivity index (χ0v) is 21.2. The van der Waals surface area contributed by atoms with E-state index in [2.05, 4.69) is 22.1 Å². The van der Waals surface area contributed by atoms with Crippen molar-refractivity contribution in [3.8, 4) is 34.4 Å². The van der Waals surface area contributed by atoms with Crippen molar-refractivity contribution in [1.29, 1.82) is 0 Å². The van der Waals surface area contributed by atoms with E-state index in [1.165, 1.54) is 18.7 Å². The topological polar surface area (TPSA) is 95.9 Å². The van der Waals surface area contributed by atoms with Crippen LogP contribution in [0.4, 0.5) is 5.69 Å². The third-order valence-electron chi connectivity index (χ3n) is 5.58. The summed E-state index contributed by atoms with van der Waals surface area (Å²) in [6.45, 7) is 3.62. The van der Waals surface area contributed by atoms with Crippen LogP contribution in [0.1, 0.15) is 38.5 Å². The predicted octanol–water partition coefficient (Wildman–Crippen LogP) is 4.90. The van der Waals surface area contributed by atoms with Crippen molar-refractivity contribution >= 4 is 23.4 Å². The van der Waals surface area contributed by atoms with Gasteiger partial charge < -0.3 is 18.9 Å². The molecule has 1 aromatic heterocycles. The second-order valence-corrected chi connectivity index (χ2v) is 8.84. The van der Waals surface area contributed by atoms with Gasteiger partial charge in [-0.05, 0) is 18.6 Å². The van der Waals surface area contributed by atoms with Gasteiger partial charge in [0.15, 0.2) is 17.2 Å². The van der Waals surface area contributed by atoms with Crippen molar-refractivity contribution in [2.24, 2.45) is 0 Å². The van der Waals surface area contributed by atoms with Gasteiger partial charge in [0.1, 0.15) is 5.75 Å². The first-order valence-electron chi connectivity index (χ1n) is 11.3. The van der Waals surface area contributed by atoms with Gasteiger partial charge in [-0.25, -0.2) is 0 Å². The molecule has 1 amide bonds. The number of para-hydroxylation sites is 1. The maximum absolute atomic E-state index is 13.1. The van der Waals surface area contributed by atoms with Crippen LogP contribution in [0.3, 0.4) is 0 Å². The number of carbonyl (C=O) groups is 1. The molecule has 0 aliphatic carbocycles. The van der Waals surface area contributed by atoms with E-state index < -0.39 is 6.23 Å². The summed E-state index contributed by atoms with van der Waals surface area (Å²) in [6.07, 6.45) is 1.21. The summed E-state index contributed by atoms with van der Waals surface area (Å²) in [6, 6.07) is 10.9. The Bertz CT molecular complexity index is 1220. The number of hydrogen-bond acceptors (Lipinski definition) is 9. The highest BCUT2D eigenvalue weighted by molar-refractivity contribution is 7.99. The lowest BCUT2D eigenvalue weighted by Crippen LogP contribution is -2.36. The van der Waals surface area contributed by atoms with Crippen LogP contribution >= 0.6 is 11.8 Å². The minimum absolute atomic E-state index is 0.224. The van der Waals surface area contributed by atoms with Crippen LogP contribution in [0.2, 0.25) is 0 Å². The summed E-state index contributed by atoms with van der Waals surface area (Å²) in [5.41, 5.74) is 2.36. The monoisotopic (exact) mass is 496 g/mol. The van der Waals surface area contributed by atoms with Gasteiger partial charge in [-0.2, -0.15) is 4.98 Å². The van der Waals surface area contributed by atoms with Crippen LogP contribution in [0.5, 0.6) is 23.1 Å². The smallest absolute Gasteiger partial charge is 0.247 e. The molecule has 184 valence electrons. The van der Waals surface area contributed by atoms with E-state index in [-0.39, 0.29) is 11.8 Å². The summed E-state index contributed by atoms with van der Waals surface area (Å²) in [7, 11) is 4.65. The van der Waals surface area contributed by atoms with E-state index in [0.717, 1.165) is 18.6 Å². The maximum Gasteiger partial charge on any atom is 0.247 e. The van der Waals surface area contributed by atoms with Crippen molar-refractivity contribution < 1.29 is 23.7 Å². The number of ether oxygens (including phenoxy) is 4. The normalized spacial score (nSPS) is 14.3. The third-order valence-corrected chi connectivity index (χ3v) is 6.51. The molecule has 0 N–H and O–H groups in total. The fourth-order valence-electron chi connectivity index (χ4n) is 3.87. The number of amides is 1. The molecule has 1 aliphatic rings. The highest BCUT2D eigenvalue weighted by atomic mass is 32.2. The van der Waals surface area contributed by atoms with Gasteiger partial charge >= 0.3 is 0 Å². The summed E-state index contributed by atoms with van der Waals surface area (Å²) in [4.78, 5) is 19.3. The number of unbranched alkanes of at least 4 members (excludes halogenated alkanes) is 1. The van der Waals surface area contributed by atoms with Crippen LogP contribution in [0.15, 0.2) is 41.6 Å². The van der Waals surface area contributed by atoms with Crippen LogP contribution in [0, 0.1) is 0 Å². The number of nitrogens with zero attached hydrogens (tertiary/aromatic N) is 4. The molecule has 3 aromatic rings. The molecule has 4 rings (SSSR count). The highest BCUT2D eigenvalue weighted by Crippen LogP contribution is 2.46. The first kappa shape index (κ1) is 24.6. The molecular weight excluding hydrogens is 468 g/mol. The van der Waals surface area contributed by atoms with Crippen LogP contribution in [-0.4, -0.2) is 48.2 Å². The van der Waals surface area contributed by atoms with E-state index in [9.17, 15) is 4.79 Å². The Hall–Kier alpha value is -3.53. The Morgan fingerprint density at radius 1 is 1.06 bits per heavy atom. The lowest BCUT2D eigenvalue weighted by molar-refractivity contribution is -0.118. The minimum Gasteiger partial charge on any atom is -0.496 e. The van der Waals surface area contributed by atoms with Crippen molar-refractivity contribution in [3.63, 3.8) is 0 Å². The number of anilines is 1. The van der Waals surface area contributed by atoms with Crippen molar-refractivity contribution in [3.05, 3.63) is 42.0 Å². The molecule has 0 bridgehead atoms. The molecule has 0 radical (unpaired) electrons. The summed E-state index contributed by atoms with van der Waals surface area (Å²) in [5, 5.41) is 9.28. The molecule has 0 spiro atoms. The van der Waals surface area contributed by atoms with E-state index in [4.69, 9.17) is 18.9 Å². The van der Waals surface area contributed by atoms with Gasteiger partial charge in [0.25, 0.3) is 0 Å². The lowest BCUT2D eigenvalue weighted by Gasteiger charge is -2.31. The van der Waals surface area contributed by atoms with Gasteiger partial charge in [0, 0.05) is 24.3 Å². The number of thioether (sulfide) groups is 1. The third kappa shape index (κ3) is 4.84. The molecular formula is C25H28N4O5S. The average Bonchev–Trinajstić information content (AvgIpc) is 3.02. The molecule has 35 heavy (non-hydrogen) atoms. The maximum atomic E-state index is 13.1. The predicted molar refractivity (Wildman–Crippen MR) is 134 cm³/mol. The van der Waals surface area contributed by atoms with Crippen LogP contribution in [0.25, 0.3) is 11.3 Å². The van der Waals surface area contributed by atoms with Gasteiger partial charge in [-0.15, -0.1) is 10.2 Å². The van der Waals surface area contributed by atoms with Gasteiger partial charge in [-0.3, -0.25) is 9.69 Å². The SMILES string of the molecule is CCCCSc1nnc2c(n1)O[C@H](c1cc(OC)c(OC)cc1OC)N(C(C)=O)c1ccccc1-2. The Balaban J connectivity index is 1.92. The first-order valence-corrected chi connectivity index (χ1v) is 12.2. The molecule has 2 heterocycles. The van der Waals surface area contributed by atoms with E-state index in [1.807, 2.05) is 24.3 Å². The summed E-state index contributed by atoms with van der Waals surface area (Å²) < 4.78 is 23.1. The number of hydrogen-bond donors (Lipinski definition) is 0. The summed E-state index contributed by atoms with van der Waals surface area (Å²) in [5.74, 6) is 2.38. The zero-order chi connectivity index (χ0) is 24.9. The lowest BCUT2D eigenvalue weighted by atomic mass is 10.1. The van der Waals surface area contributed by atoms with E-state index in [0.29, 0.717) is 44.9 Å². The Labute approximate surface area is 208 Å². The Morgan fingerprint density at radius 3 is 2.46 bits per heavy atom. The standard InChI is InChI=1S/C25H28N4O5S/c1-6-7-12-35-25-26-23-22(27-28-25)16-10-8-9-11-18(16)29(15(2)30)24(34-23)17-13-20(32-4)21(33-5)14-19(17)31-3/h8-11,13-14,24H,6-7,12H2,1-5H3/t24-/m1/s1. The van der Waals surface area contributed by atoms with Gasteiger partial charge in [0.05, 0.1) is 32.6 Å². The Morgan fingerprint density at radius 2 is 1.77 bits per heavy atom. The quantitative estimate of drug-likeness (QED) is 0.319. The van der Waals surface area contributed by atoms with Crippen molar-refractivity contribution in [1.82, 2.24) is 15.2 Å². The molecule has 0 unspecified atom stereocenters. The van der Waals surface area contributed by atoms with E-state index >= 15 is 0 Å². The molecule has 1 aliphatic heterocycles. The second kappa shape index (κ2) is 10.8. The van der Waals surface area contributed by atoms with Crippen molar-refractivity contribution in [2.75, 3.05) is 32.0 Å².